The molecule has 0 aliphatic heterocycles. The van der Waals surface area contributed by atoms with E-state index in [2.05, 4.69) is 0 Å². The van der Waals surface area contributed by atoms with Gasteiger partial charge in [-0.1, -0.05) is 11.6 Å². The van der Waals surface area contributed by atoms with Crippen molar-refractivity contribution in [3.8, 4) is 0 Å². The molecule has 0 aliphatic rings. The molecule has 9 heteroatoms. The summed E-state index contributed by atoms with van der Waals surface area (Å²) in [5, 5.41) is 1.78. The SMILES string of the molecule is CC(=O)NC(Cl)C(F)(F)P(=O)(OC(C)C)OC(C)C. The highest BCUT2D eigenvalue weighted by atomic mass is 35.5. The molecular formula is C10H19ClF2NO4P. The number of hydrogen-bond acceptors (Lipinski definition) is 4. The highest BCUT2D eigenvalue weighted by molar-refractivity contribution is 7.55. The molecule has 1 unspecified atom stereocenters. The van der Waals surface area contributed by atoms with Gasteiger partial charge in [-0.2, -0.15) is 8.78 Å². The summed E-state index contributed by atoms with van der Waals surface area (Å²) in [7, 11) is -4.83. The highest BCUT2D eigenvalue weighted by Gasteiger charge is 2.60. The van der Waals surface area contributed by atoms with Crippen LogP contribution >= 0.6 is 19.2 Å². The van der Waals surface area contributed by atoms with Crippen LogP contribution in [0.15, 0.2) is 0 Å². The van der Waals surface area contributed by atoms with Gasteiger partial charge in [0.1, 0.15) is 0 Å². The second kappa shape index (κ2) is 6.97. The van der Waals surface area contributed by atoms with Gasteiger partial charge in [0.15, 0.2) is 5.50 Å². The van der Waals surface area contributed by atoms with Gasteiger partial charge in [-0.3, -0.25) is 9.36 Å². The molecule has 0 aromatic carbocycles. The molecule has 1 atom stereocenters. The van der Waals surface area contributed by atoms with Crippen LogP contribution in [0.2, 0.25) is 0 Å². The Morgan fingerprint density at radius 1 is 1.21 bits per heavy atom. The van der Waals surface area contributed by atoms with E-state index in [0.29, 0.717) is 0 Å². The maximum absolute atomic E-state index is 14.1. The van der Waals surface area contributed by atoms with Crippen LogP contribution in [-0.4, -0.2) is 29.3 Å². The molecule has 114 valence electrons. The zero-order valence-corrected chi connectivity index (χ0v) is 13.1. The fourth-order valence-electron chi connectivity index (χ4n) is 1.12. The Labute approximate surface area is 116 Å². The molecule has 0 fully saturated rings. The summed E-state index contributed by atoms with van der Waals surface area (Å²) in [6, 6.07) is 0. The van der Waals surface area contributed by atoms with Crippen molar-refractivity contribution in [2.24, 2.45) is 0 Å². The molecule has 0 aromatic heterocycles. The molecule has 19 heavy (non-hydrogen) atoms. The lowest BCUT2D eigenvalue weighted by molar-refractivity contribution is -0.120. The number of amides is 1. The van der Waals surface area contributed by atoms with Crippen molar-refractivity contribution < 1.29 is 27.2 Å². The van der Waals surface area contributed by atoms with Crippen molar-refractivity contribution in [3.05, 3.63) is 0 Å². The van der Waals surface area contributed by atoms with Crippen molar-refractivity contribution in [1.29, 1.82) is 0 Å². The van der Waals surface area contributed by atoms with Gasteiger partial charge in [0, 0.05) is 6.92 Å². The molecule has 5 nitrogen and oxygen atoms in total. The lowest BCUT2D eigenvalue weighted by Gasteiger charge is -2.31. The van der Waals surface area contributed by atoms with Crippen LogP contribution in [0.1, 0.15) is 34.6 Å². The van der Waals surface area contributed by atoms with Gasteiger partial charge in [0.2, 0.25) is 5.91 Å². The Bertz CT molecular complexity index is 351. The molecular weight excluding hydrogens is 303 g/mol. The smallest absolute Gasteiger partial charge is 0.334 e. The van der Waals surface area contributed by atoms with E-state index in [0.717, 1.165) is 6.92 Å². The molecule has 0 heterocycles. The molecule has 0 saturated carbocycles. The first-order valence-corrected chi connectivity index (χ1v) is 7.66. The van der Waals surface area contributed by atoms with Crippen LogP contribution in [-0.2, 0) is 18.4 Å². The highest BCUT2D eigenvalue weighted by Crippen LogP contribution is 2.65. The third kappa shape index (κ3) is 5.34. The van der Waals surface area contributed by atoms with Crippen LogP contribution < -0.4 is 5.32 Å². The monoisotopic (exact) mass is 321 g/mol. The first-order valence-electron chi connectivity index (χ1n) is 5.68. The third-order valence-corrected chi connectivity index (χ3v) is 4.62. The Morgan fingerprint density at radius 3 is 1.84 bits per heavy atom. The van der Waals surface area contributed by atoms with Gasteiger partial charge in [-0.15, -0.1) is 0 Å². The number of rotatable bonds is 7. The van der Waals surface area contributed by atoms with Crippen LogP contribution in [0.4, 0.5) is 8.78 Å². The fourth-order valence-corrected chi connectivity index (χ4v) is 3.42. The van der Waals surface area contributed by atoms with E-state index in [4.69, 9.17) is 20.6 Å². The molecule has 0 aromatic rings. The van der Waals surface area contributed by atoms with Gasteiger partial charge in [0.05, 0.1) is 12.2 Å². The minimum absolute atomic E-state index is 0.753. The summed E-state index contributed by atoms with van der Waals surface area (Å²) in [6.07, 6.45) is -1.51. The normalized spacial score (nSPS) is 14.8. The number of hydrogen-bond donors (Lipinski definition) is 1. The lowest BCUT2D eigenvalue weighted by atomic mass is 10.5. The van der Waals surface area contributed by atoms with Crippen LogP contribution in [0.5, 0.6) is 0 Å². The van der Waals surface area contributed by atoms with Crippen molar-refractivity contribution in [1.82, 2.24) is 5.32 Å². The average molecular weight is 322 g/mol. The third-order valence-electron chi connectivity index (χ3n) is 1.70. The number of carbonyl (C=O) groups excluding carboxylic acids is 1. The van der Waals surface area contributed by atoms with Gasteiger partial charge < -0.3 is 14.4 Å². The predicted molar refractivity (Wildman–Crippen MR) is 68.5 cm³/mol. The summed E-state index contributed by atoms with van der Waals surface area (Å²) in [5.74, 6) is -0.777. The van der Waals surface area contributed by atoms with E-state index in [1.165, 1.54) is 27.7 Å². The standard InChI is InChI=1S/C10H19ClF2NO4P/c1-6(2)17-19(16,18-7(3)4)10(12,13)9(11)14-8(5)15/h6-7,9H,1-5H3,(H,14,15). The summed E-state index contributed by atoms with van der Waals surface area (Å²) in [5.41, 5.74) is -6.23. The Kier molecular flexibility index (Phi) is 6.89. The molecule has 0 bridgehead atoms. The Morgan fingerprint density at radius 2 is 1.58 bits per heavy atom. The quantitative estimate of drug-likeness (QED) is 0.444. The van der Waals surface area contributed by atoms with E-state index in [-0.39, 0.29) is 0 Å². The van der Waals surface area contributed by atoms with Crippen LogP contribution in [0.25, 0.3) is 0 Å². The molecule has 0 radical (unpaired) electrons. The van der Waals surface area contributed by atoms with Gasteiger partial charge in [0.25, 0.3) is 0 Å². The van der Waals surface area contributed by atoms with Crippen molar-refractivity contribution in [2.75, 3.05) is 0 Å². The number of carbonyl (C=O) groups is 1. The maximum atomic E-state index is 14.1. The zero-order chi connectivity index (χ0) is 15.4. The molecule has 1 N–H and O–H groups in total. The van der Waals surface area contributed by atoms with E-state index < -0.39 is 36.9 Å². The van der Waals surface area contributed by atoms with E-state index in [1.54, 1.807) is 5.32 Å². The molecule has 1 amide bonds. The first kappa shape index (κ1) is 18.8. The predicted octanol–water partition coefficient (Wildman–Crippen LogP) is 3.32. The minimum atomic E-state index is -4.83. The van der Waals surface area contributed by atoms with Crippen LogP contribution in [0.3, 0.4) is 0 Å². The second-order valence-electron chi connectivity index (χ2n) is 4.46. The van der Waals surface area contributed by atoms with Gasteiger partial charge in [-0.25, -0.2) is 0 Å². The summed E-state index contributed by atoms with van der Waals surface area (Å²) in [4.78, 5) is 10.8. The topological polar surface area (TPSA) is 64.6 Å². The molecule has 0 spiro atoms. The minimum Gasteiger partial charge on any atom is -0.334 e. The largest absolute Gasteiger partial charge is 0.403 e. The number of alkyl halides is 3. The lowest BCUT2D eigenvalue weighted by Crippen LogP contribution is -2.44. The average Bonchev–Trinajstić information content (AvgIpc) is 2.12. The van der Waals surface area contributed by atoms with E-state index in [1.807, 2.05) is 0 Å². The second-order valence-corrected chi connectivity index (χ2v) is 6.91. The van der Waals surface area contributed by atoms with E-state index in [9.17, 15) is 18.1 Å². The summed E-state index contributed by atoms with van der Waals surface area (Å²) in [6.45, 7) is 6.77. The molecule has 0 rings (SSSR count). The summed E-state index contributed by atoms with van der Waals surface area (Å²) >= 11 is 5.40. The molecule has 0 saturated heterocycles. The first-order chi connectivity index (χ1) is 8.42. The number of halogens is 3. The van der Waals surface area contributed by atoms with Crippen molar-refractivity contribution in [2.45, 2.75) is 58.0 Å². The van der Waals surface area contributed by atoms with Gasteiger partial charge in [-0.05, 0) is 27.7 Å². The maximum Gasteiger partial charge on any atom is 0.403 e. The van der Waals surface area contributed by atoms with Crippen molar-refractivity contribution in [3.63, 3.8) is 0 Å². The fraction of sp³-hybridized carbons (Fsp3) is 0.900. The molecule has 0 aliphatic carbocycles. The van der Waals surface area contributed by atoms with Crippen LogP contribution in [0, 0.1) is 0 Å². The Hall–Kier alpha value is -0.230. The Balaban J connectivity index is 5.32. The zero-order valence-electron chi connectivity index (χ0n) is 11.4. The van der Waals surface area contributed by atoms with Crippen molar-refractivity contribution >= 4 is 25.1 Å². The van der Waals surface area contributed by atoms with E-state index >= 15 is 0 Å². The number of nitrogens with one attached hydrogen (secondary N) is 1. The van der Waals surface area contributed by atoms with Gasteiger partial charge >= 0.3 is 13.3 Å². The summed E-state index contributed by atoms with van der Waals surface area (Å²) < 4.78 is 50.0.